The number of hydrogen-bond donors (Lipinski definition) is 1. The summed E-state index contributed by atoms with van der Waals surface area (Å²) in [6.45, 7) is 2.50. The highest BCUT2D eigenvalue weighted by molar-refractivity contribution is 5.89. The Balaban J connectivity index is 1.16. The Morgan fingerprint density at radius 2 is 1.03 bits per heavy atom. The van der Waals surface area contributed by atoms with Crippen LogP contribution in [0.2, 0.25) is 0 Å². The number of aliphatic hydroxyl groups is 1. The molecule has 2 saturated heterocycles. The van der Waals surface area contributed by atoms with Gasteiger partial charge in [0.05, 0.1) is 30.9 Å². The lowest BCUT2D eigenvalue weighted by Crippen LogP contribution is -2.61. The normalized spacial score (nSPS) is 20.8. The summed E-state index contributed by atoms with van der Waals surface area (Å²) in [5, 5.41) is 12.2. The predicted molar refractivity (Wildman–Crippen MR) is 284 cm³/mol. The number of benzene rings is 5. The first-order valence-electron chi connectivity index (χ1n) is 27.1. The molecular weight excluding hydrogens is 935 g/mol. The van der Waals surface area contributed by atoms with Gasteiger partial charge in [-0.25, -0.2) is 14.4 Å². The molecule has 0 aromatic heterocycles. The number of carbonyl (C=O) groups is 3. The average Bonchev–Trinajstić information content (AvgIpc) is 3.81. The number of aliphatic hydroxyl groups excluding tert-OH is 1. The zero-order chi connectivity index (χ0) is 51.6. The molecule has 12 nitrogen and oxygen atoms in total. The van der Waals surface area contributed by atoms with Gasteiger partial charge in [-0.3, -0.25) is 4.90 Å². The van der Waals surface area contributed by atoms with Gasteiger partial charge in [0.2, 0.25) is 0 Å². The lowest BCUT2D eigenvalue weighted by molar-refractivity contribution is -0.259. The van der Waals surface area contributed by atoms with Crippen molar-refractivity contribution >= 4 is 18.2 Å². The van der Waals surface area contributed by atoms with Crippen LogP contribution in [0.15, 0.2) is 152 Å². The summed E-state index contributed by atoms with van der Waals surface area (Å²) in [5.74, 6) is -0.560. The third kappa shape index (κ3) is 17.8. The van der Waals surface area contributed by atoms with Gasteiger partial charge in [-0.1, -0.05) is 217 Å². The maximum atomic E-state index is 14.8. The third-order valence-corrected chi connectivity index (χ3v) is 14.1. The molecular formula is C62H77NO11. The van der Waals surface area contributed by atoms with Gasteiger partial charge in [0.25, 0.3) is 0 Å². The highest BCUT2D eigenvalue weighted by Crippen LogP contribution is 2.35. The van der Waals surface area contributed by atoms with Gasteiger partial charge in [-0.2, -0.15) is 0 Å². The molecule has 2 aliphatic rings. The second-order valence-corrected chi connectivity index (χ2v) is 19.7. The van der Waals surface area contributed by atoms with Crippen molar-refractivity contribution in [3.05, 3.63) is 179 Å². The standard InChI is InChI=1S/C62H77NO11/c1-2-3-4-5-6-7-8-9-10-11-12-28-39-53-57(74-62(67)73-53)52(63(42-47-29-18-13-19-30-47)61(66)71-45-50-35-24-16-25-36-50)40-41-54-58(68-43-48-31-20-14-21-32-48)59(69-44-49-33-22-15-23-34-49)56(64)55(72-54)46-70-60(65)51-37-26-17-27-38-51/h13-27,29-38,52-59,64H,2-12,28,39-46H2,1H3/t52-,53+,54?,55?,56-,57-,58?,59?/m0/s1. The molecule has 0 aliphatic carbocycles. The zero-order valence-corrected chi connectivity index (χ0v) is 43.2. The predicted octanol–water partition coefficient (Wildman–Crippen LogP) is 13.1. The number of cyclic esters (lactones) is 2. The molecule has 5 aromatic rings. The molecule has 2 aliphatic heterocycles. The van der Waals surface area contributed by atoms with Crippen LogP contribution in [0.5, 0.6) is 0 Å². The first kappa shape index (κ1) is 55.7. The number of rotatable bonds is 31. The van der Waals surface area contributed by atoms with Gasteiger partial charge >= 0.3 is 18.2 Å². The molecule has 1 amide bonds. The summed E-state index contributed by atoms with van der Waals surface area (Å²) < 4.78 is 44.3. The van der Waals surface area contributed by atoms with E-state index in [1.165, 1.54) is 51.4 Å². The largest absolute Gasteiger partial charge is 0.509 e. The Morgan fingerprint density at radius 3 is 1.58 bits per heavy atom. The molecule has 8 atom stereocenters. The molecule has 0 radical (unpaired) electrons. The minimum absolute atomic E-state index is 0.0315. The third-order valence-electron chi connectivity index (χ3n) is 14.1. The van der Waals surface area contributed by atoms with Crippen molar-refractivity contribution in [3.8, 4) is 0 Å². The molecule has 0 bridgehead atoms. The fourth-order valence-corrected chi connectivity index (χ4v) is 9.99. The molecule has 0 spiro atoms. The molecule has 4 unspecified atom stereocenters. The summed E-state index contributed by atoms with van der Waals surface area (Å²) in [4.78, 5) is 43.1. The Bertz CT molecular complexity index is 2340. The maximum Gasteiger partial charge on any atom is 0.509 e. The Kier molecular flexibility index (Phi) is 23.3. The van der Waals surface area contributed by atoms with Crippen molar-refractivity contribution in [1.29, 1.82) is 0 Å². The number of nitrogens with zero attached hydrogens (tertiary/aromatic N) is 1. The van der Waals surface area contributed by atoms with E-state index in [1.807, 2.05) is 127 Å². The van der Waals surface area contributed by atoms with E-state index in [-0.39, 0.29) is 45.8 Å². The number of amides is 1. The molecule has 7 rings (SSSR count). The van der Waals surface area contributed by atoms with E-state index in [2.05, 4.69) is 6.92 Å². The van der Waals surface area contributed by atoms with Gasteiger partial charge in [0.1, 0.15) is 43.7 Å². The summed E-state index contributed by atoms with van der Waals surface area (Å²) in [5.41, 5.74) is 3.84. The number of carbonyl (C=O) groups excluding carboxylic acids is 3. The highest BCUT2D eigenvalue weighted by Gasteiger charge is 2.50. The van der Waals surface area contributed by atoms with E-state index >= 15 is 0 Å². The van der Waals surface area contributed by atoms with Crippen molar-refractivity contribution in [2.75, 3.05) is 6.61 Å². The lowest BCUT2D eigenvalue weighted by Gasteiger charge is -2.45. The molecule has 396 valence electrons. The summed E-state index contributed by atoms with van der Waals surface area (Å²) in [6, 6.07) is 46.5. The van der Waals surface area contributed by atoms with E-state index in [9.17, 15) is 19.5 Å². The molecule has 2 heterocycles. The summed E-state index contributed by atoms with van der Waals surface area (Å²) >= 11 is 0. The van der Waals surface area contributed by atoms with Crippen LogP contribution in [0.1, 0.15) is 136 Å². The molecule has 12 heteroatoms. The van der Waals surface area contributed by atoms with Crippen LogP contribution < -0.4 is 0 Å². The van der Waals surface area contributed by atoms with Crippen LogP contribution in [-0.4, -0.2) is 83.6 Å². The zero-order valence-electron chi connectivity index (χ0n) is 43.2. The summed E-state index contributed by atoms with van der Waals surface area (Å²) in [6.07, 6.45) is 7.64. The number of unbranched alkanes of at least 4 members (excludes halogenated alkanes) is 11. The Labute approximate surface area is 438 Å². The highest BCUT2D eigenvalue weighted by atomic mass is 16.8. The second-order valence-electron chi connectivity index (χ2n) is 19.7. The van der Waals surface area contributed by atoms with Gasteiger partial charge in [-0.05, 0) is 60.1 Å². The average molecular weight is 1010 g/mol. The second kappa shape index (κ2) is 31.0. The van der Waals surface area contributed by atoms with E-state index in [0.717, 1.165) is 47.9 Å². The Hall–Kier alpha value is -6.05. The van der Waals surface area contributed by atoms with Gasteiger partial charge < -0.3 is 38.3 Å². The number of esters is 1. The van der Waals surface area contributed by atoms with Crippen molar-refractivity contribution in [3.63, 3.8) is 0 Å². The van der Waals surface area contributed by atoms with Crippen LogP contribution >= 0.6 is 0 Å². The fourth-order valence-electron chi connectivity index (χ4n) is 9.99. The van der Waals surface area contributed by atoms with E-state index < -0.39 is 67.0 Å². The quantitative estimate of drug-likeness (QED) is 0.0258. The first-order valence-corrected chi connectivity index (χ1v) is 27.1. The SMILES string of the molecule is CCCCCCCCCCCCCC[C@H]1OC(=O)O[C@H]1[C@H](CCC1OC(COC(=O)c2ccccc2)[C@H](O)C(OCc2ccccc2)C1OCc1ccccc1)N(Cc1ccccc1)C(=O)OCc1ccccc1. The topological polar surface area (TPSA) is 139 Å². The van der Waals surface area contributed by atoms with Crippen LogP contribution in [0.25, 0.3) is 0 Å². The van der Waals surface area contributed by atoms with Crippen LogP contribution in [0.3, 0.4) is 0 Å². The monoisotopic (exact) mass is 1010 g/mol. The van der Waals surface area contributed by atoms with Crippen molar-refractivity contribution in [2.24, 2.45) is 0 Å². The number of ether oxygens (including phenoxy) is 7. The van der Waals surface area contributed by atoms with Crippen molar-refractivity contribution in [1.82, 2.24) is 4.90 Å². The molecule has 1 N–H and O–H groups in total. The molecule has 2 fully saturated rings. The minimum atomic E-state index is -1.28. The smallest absolute Gasteiger partial charge is 0.459 e. The fraction of sp³-hybridized carbons (Fsp3) is 0.468. The maximum absolute atomic E-state index is 14.8. The van der Waals surface area contributed by atoms with Gasteiger partial charge in [0.15, 0.2) is 6.10 Å². The van der Waals surface area contributed by atoms with E-state index in [4.69, 9.17) is 33.2 Å². The first-order chi connectivity index (χ1) is 36.4. The number of hydrogen-bond acceptors (Lipinski definition) is 11. The van der Waals surface area contributed by atoms with Gasteiger partial charge in [-0.15, -0.1) is 0 Å². The van der Waals surface area contributed by atoms with Gasteiger partial charge in [0, 0.05) is 6.54 Å². The minimum Gasteiger partial charge on any atom is -0.459 e. The molecule has 74 heavy (non-hydrogen) atoms. The lowest BCUT2D eigenvalue weighted by atomic mass is 9.88. The van der Waals surface area contributed by atoms with Crippen molar-refractivity contribution < 1.29 is 52.6 Å². The van der Waals surface area contributed by atoms with Crippen LogP contribution in [0.4, 0.5) is 9.59 Å². The molecule has 5 aromatic carbocycles. The van der Waals surface area contributed by atoms with Crippen LogP contribution in [-0.2, 0) is 59.5 Å². The van der Waals surface area contributed by atoms with Crippen molar-refractivity contribution in [2.45, 2.75) is 178 Å². The molecule has 0 saturated carbocycles. The van der Waals surface area contributed by atoms with E-state index in [1.54, 1.807) is 29.2 Å². The van der Waals surface area contributed by atoms with Crippen LogP contribution in [0, 0.1) is 0 Å². The summed E-state index contributed by atoms with van der Waals surface area (Å²) in [7, 11) is 0. The Morgan fingerprint density at radius 1 is 0.541 bits per heavy atom. The van der Waals surface area contributed by atoms with E-state index in [0.29, 0.717) is 12.0 Å².